The van der Waals surface area contributed by atoms with Crippen molar-refractivity contribution in [3.05, 3.63) is 46.2 Å². The summed E-state index contributed by atoms with van der Waals surface area (Å²) in [6.45, 7) is 5.77. The molecule has 0 radical (unpaired) electrons. The number of halogens is 1. The summed E-state index contributed by atoms with van der Waals surface area (Å²) in [6.07, 6.45) is 0. The Morgan fingerprint density at radius 2 is 1.83 bits per heavy atom. The van der Waals surface area contributed by atoms with Crippen LogP contribution in [0.3, 0.4) is 0 Å². The second kappa shape index (κ2) is 5.96. The highest BCUT2D eigenvalue weighted by Gasteiger charge is 2.28. The Hall–Kier alpha value is -2.47. The van der Waals surface area contributed by atoms with E-state index in [2.05, 4.69) is 20.3 Å². The first-order valence-corrected chi connectivity index (χ1v) is 7.55. The molecule has 0 unspecified atom stereocenters. The molecule has 1 N–H and O–H groups in total. The molecule has 7 heteroatoms. The molecule has 0 atom stereocenters. The van der Waals surface area contributed by atoms with Crippen molar-refractivity contribution in [1.82, 2.24) is 9.97 Å². The van der Waals surface area contributed by atoms with E-state index in [4.69, 9.17) is 11.6 Å². The first-order chi connectivity index (χ1) is 10.9. The summed E-state index contributed by atoms with van der Waals surface area (Å²) in [5.41, 5.74) is 3.30. The Labute approximate surface area is 139 Å². The van der Waals surface area contributed by atoms with Crippen molar-refractivity contribution in [2.45, 2.75) is 20.8 Å². The normalized spacial score (nSPS) is 14.2. The first-order valence-electron chi connectivity index (χ1n) is 7.17. The molecule has 2 heterocycles. The van der Waals surface area contributed by atoms with Gasteiger partial charge in [0.05, 0.1) is 5.69 Å². The molecule has 3 rings (SSSR count). The SMILES string of the molecule is Cc1cc(C)nc(NC2=NCC(=O)N2c2ccc(C)c(Cl)c2)n1. The van der Waals surface area contributed by atoms with Crippen molar-refractivity contribution in [3.63, 3.8) is 0 Å². The van der Waals surface area contributed by atoms with Gasteiger partial charge in [0.2, 0.25) is 11.9 Å². The zero-order valence-corrected chi connectivity index (χ0v) is 13.8. The van der Waals surface area contributed by atoms with Gasteiger partial charge < -0.3 is 0 Å². The highest BCUT2D eigenvalue weighted by Crippen LogP contribution is 2.25. The second-order valence-corrected chi connectivity index (χ2v) is 5.81. The van der Waals surface area contributed by atoms with Gasteiger partial charge in [-0.2, -0.15) is 0 Å². The van der Waals surface area contributed by atoms with Crippen LogP contribution in [-0.4, -0.2) is 28.4 Å². The standard InChI is InChI=1S/C16H16ClN5O/c1-9-4-5-12(7-13(9)17)22-14(23)8-18-16(22)21-15-19-10(2)6-11(3)20-15/h4-7H,8H2,1-3H3,(H,18,19,20,21). The summed E-state index contributed by atoms with van der Waals surface area (Å²) in [5, 5.41) is 3.63. The van der Waals surface area contributed by atoms with Gasteiger partial charge in [-0.1, -0.05) is 17.7 Å². The molecule has 1 amide bonds. The zero-order valence-electron chi connectivity index (χ0n) is 13.1. The molecule has 0 saturated carbocycles. The topological polar surface area (TPSA) is 70.5 Å². The van der Waals surface area contributed by atoms with Gasteiger partial charge in [-0.25, -0.2) is 19.9 Å². The van der Waals surface area contributed by atoms with Crippen LogP contribution in [0.2, 0.25) is 5.02 Å². The van der Waals surface area contributed by atoms with Crippen LogP contribution in [0.5, 0.6) is 0 Å². The summed E-state index contributed by atoms with van der Waals surface area (Å²) in [4.78, 5) is 26.6. The van der Waals surface area contributed by atoms with E-state index in [1.54, 1.807) is 6.07 Å². The molecule has 1 aliphatic rings. The van der Waals surface area contributed by atoms with Gasteiger partial charge in [0, 0.05) is 16.4 Å². The number of guanidine groups is 1. The minimum absolute atomic E-state index is 0.0820. The summed E-state index contributed by atoms with van der Waals surface area (Å²) in [5.74, 6) is 0.691. The minimum Gasteiger partial charge on any atom is -0.294 e. The maximum Gasteiger partial charge on any atom is 0.255 e. The number of hydrogen-bond donors (Lipinski definition) is 1. The largest absolute Gasteiger partial charge is 0.294 e. The van der Waals surface area contributed by atoms with Crippen LogP contribution in [0, 0.1) is 20.8 Å². The number of aromatic nitrogens is 2. The molecule has 0 saturated heterocycles. The van der Waals surface area contributed by atoms with Crippen molar-refractivity contribution >= 4 is 35.1 Å². The summed E-state index contributed by atoms with van der Waals surface area (Å²) >= 11 is 6.17. The predicted octanol–water partition coefficient (Wildman–Crippen LogP) is 2.87. The van der Waals surface area contributed by atoms with E-state index < -0.39 is 0 Å². The number of aryl methyl sites for hydroxylation is 3. The molecular formula is C16H16ClN5O. The maximum atomic E-state index is 12.2. The van der Waals surface area contributed by atoms with Crippen LogP contribution in [0.1, 0.15) is 17.0 Å². The molecule has 1 aromatic heterocycles. The van der Waals surface area contributed by atoms with Gasteiger partial charge in [0.25, 0.3) is 5.91 Å². The van der Waals surface area contributed by atoms with Crippen LogP contribution in [-0.2, 0) is 4.79 Å². The van der Waals surface area contributed by atoms with E-state index in [0.29, 0.717) is 22.6 Å². The number of benzene rings is 1. The van der Waals surface area contributed by atoms with Gasteiger partial charge in [-0.05, 0) is 44.5 Å². The molecular weight excluding hydrogens is 314 g/mol. The van der Waals surface area contributed by atoms with Crippen molar-refractivity contribution in [3.8, 4) is 0 Å². The predicted molar refractivity (Wildman–Crippen MR) is 91.1 cm³/mol. The third-order valence-electron chi connectivity index (χ3n) is 3.44. The molecule has 118 valence electrons. The number of anilines is 2. The lowest BCUT2D eigenvalue weighted by Gasteiger charge is -2.19. The average Bonchev–Trinajstić information content (AvgIpc) is 2.82. The van der Waals surface area contributed by atoms with Gasteiger partial charge in [-0.15, -0.1) is 0 Å². The fraction of sp³-hybridized carbons (Fsp3) is 0.250. The van der Waals surface area contributed by atoms with Crippen molar-refractivity contribution < 1.29 is 4.79 Å². The fourth-order valence-corrected chi connectivity index (χ4v) is 2.54. The van der Waals surface area contributed by atoms with Gasteiger partial charge in [0.15, 0.2) is 0 Å². The Morgan fingerprint density at radius 3 is 2.48 bits per heavy atom. The Morgan fingerprint density at radius 1 is 1.13 bits per heavy atom. The first kappa shape index (κ1) is 15.4. The molecule has 0 aliphatic carbocycles. The molecule has 1 aliphatic heterocycles. The Kier molecular flexibility index (Phi) is 4.00. The number of aliphatic imine (C=N–C) groups is 1. The number of nitrogens with one attached hydrogen (secondary N) is 1. The van der Waals surface area contributed by atoms with Crippen LogP contribution < -0.4 is 10.2 Å². The smallest absolute Gasteiger partial charge is 0.255 e. The number of carbonyl (C=O) groups is 1. The molecule has 6 nitrogen and oxygen atoms in total. The van der Waals surface area contributed by atoms with E-state index in [-0.39, 0.29) is 12.5 Å². The molecule has 0 bridgehead atoms. The van der Waals surface area contributed by atoms with Crippen LogP contribution in [0.15, 0.2) is 29.3 Å². The van der Waals surface area contributed by atoms with Crippen molar-refractivity contribution in [2.75, 3.05) is 16.8 Å². The molecule has 23 heavy (non-hydrogen) atoms. The third kappa shape index (κ3) is 3.17. The summed E-state index contributed by atoms with van der Waals surface area (Å²) in [7, 11) is 0. The monoisotopic (exact) mass is 329 g/mol. The van der Waals surface area contributed by atoms with E-state index in [1.807, 2.05) is 39.0 Å². The number of rotatable bonds is 2. The van der Waals surface area contributed by atoms with Gasteiger partial charge >= 0.3 is 0 Å². The van der Waals surface area contributed by atoms with Gasteiger partial charge in [0.1, 0.15) is 6.54 Å². The molecule has 1 aromatic carbocycles. The summed E-state index contributed by atoms with van der Waals surface area (Å²) in [6, 6.07) is 7.34. The molecule has 0 spiro atoms. The lowest BCUT2D eigenvalue weighted by Crippen LogP contribution is -2.37. The van der Waals surface area contributed by atoms with Crippen LogP contribution in [0.4, 0.5) is 11.6 Å². The number of amides is 1. The third-order valence-corrected chi connectivity index (χ3v) is 3.85. The quantitative estimate of drug-likeness (QED) is 0.919. The average molecular weight is 330 g/mol. The molecule has 2 aromatic rings. The lowest BCUT2D eigenvalue weighted by atomic mass is 10.2. The van der Waals surface area contributed by atoms with Crippen LogP contribution in [0.25, 0.3) is 0 Å². The Bertz CT molecular complexity index is 798. The van der Waals surface area contributed by atoms with Crippen LogP contribution >= 0.6 is 11.6 Å². The van der Waals surface area contributed by atoms with E-state index in [9.17, 15) is 4.79 Å². The highest BCUT2D eigenvalue weighted by molar-refractivity contribution is 6.32. The second-order valence-electron chi connectivity index (χ2n) is 5.40. The molecule has 0 fully saturated rings. The maximum absolute atomic E-state index is 12.2. The highest BCUT2D eigenvalue weighted by atomic mass is 35.5. The van der Waals surface area contributed by atoms with E-state index >= 15 is 0 Å². The number of nitrogens with zero attached hydrogens (tertiary/aromatic N) is 4. The number of hydrogen-bond acceptors (Lipinski definition) is 5. The summed E-state index contributed by atoms with van der Waals surface area (Å²) < 4.78 is 0. The van der Waals surface area contributed by atoms with Crippen molar-refractivity contribution in [2.24, 2.45) is 4.99 Å². The fourth-order valence-electron chi connectivity index (χ4n) is 2.37. The van der Waals surface area contributed by atoms with E-state index in [1.165, 1.54) is 4.90 Å². The minimum atomic E-state index is -0.128. The lowest BCUT2D eigenvalue weighted by molar-refractivity contribution is -0.115. The van der Waals surface area contributed by atoms with E-state index in [0.717, 1.165) is 17.0 Å². The number of carbonyl (C=O) groups excluding carboxylic acids is 1. The van der Waals surface area contributed by atoms with Gasteiger partial charge in [-0.3, -0.25) is 10.1 Å². The Balaban J connectivity index is 1.91. The van der Waals surface area contributed by atoms with Crippen molar-refractivity contribution in [1.29, 1.82) is 0 Å². The zero-order chi connectivity index (χ0) is 16.6.